The highest BCUT2D eigenvalue weighted by Gasteiger charge is 2.31. The van der Waals surface area contributed by atoms with Crippen molar-refractivity contribution in [3.8, 4) is 16.9 Å². The van der Waals surface area contributed by atoms with Crippen LogP contribution in [0.4, 0.5) is 17.6 Å². The number of halogens is 4. The number of pyridine rings is 1. The number of carbonyl (C=O) groups is 1. The standard InChI is InChI=1S/C14H9F4NO3/c1-21-13(20)12-10(6-19-7-11(12)15)8-2-4-9(5-3-8)22-14(16,17)18/h2-7H,1H3. The molecule has 0 aliphatic carbocycles. The average molecular weight is 315 g/mol. The van der Waals surface area contributed by atoms with Gasteiger partial charge in [0.2, 0.25) is 0 Å². The molecule has 0 unspecified atom stereocenters. The van der Waals surface area contributed by atoms with Crippen molar-refractivity contribution in [1.82, 2.24) is 4.98 Å². The van der Waals surface area contributed by atoms with Crippen molar-refractivity contribution in [2.45, 2.75) is 6.36 Å². The van der Waals surface area contributed by atoms with Gasteiger partial charge in [-0.25, -0.2) is 9.18 Å². The van der Waals surface area contributed by atoms with Gasteiger partial charge in [-0.05, 0) is 17.7 Å². The molecule has 0 saturated heterocycles. The molecule has 0 aliphatic rings. The van der Waals surface area contributed by atoms with Crippen molar-refractivity contribution in [2.24, 2.45) is 0 Å². The Hall–Kier alpha value is -2.64. The summed E-state index contributed by atoms with van der Waals surface area (Å²) in [5, 5.41) is 0. The minimum atomic E-state index is -4.81. The molecular formula is C14H9F4NO3. The number of ether oxygens (including phenoxy) is 2. The largest absolute Gasteiger partial charge is 0.573 e. The number of hydrogen-bond donors (Lipinski definition) is 0. The third-order valence-corrected chi connectivity index (χ3v) is 2.69. The van der Waals surface area contributed by atoms with E-state index in [4.69, 9.17) is 0 Å². The number of alkyl halides is 3. The van der Waals surface area contributed by atoms with Gasteiger partial charge in [0.05, 0.1) is 13.3 Å². The Bertz CT molecular complexity index is 683. The monoisotopic (exact) mass is 315 g/mol. The minimum Gasteiger partial charge on any atom is -0.465 e. The Labute approximate surface area is 122 Å². The second-order valence-corrected chi connectivity index (χ2v) is 4.11. The fourth-order valence-electron chi connectivity index (χ4n) is 1.80. The smallest absolute Gasteiger partial charge is 0.465 e. The number of aromatic nitrogens is 1. The third-order valence-electron chi connectivity index (χ3n) is 2.69. The fraction of sp³-hybridized carbons (Fsp3) is 0.143. The molecule has 2 rings (SSSR count). The van der Waals surface area contributed by atoms with Gasteiger partial charge in [-0.1, -0.05) is 12.1 Å². The van der Waals surface area contributed by atoms with Gasteiger partial charge in [0, 0.05) is 11.8 Å². The molecule has 8 heteroatoms. The van der Waals surface area contributed by atoms with E-state index >= 15 is 0 Å². The van der Waals surface area contributed by atoms with Crippen LogP contribution in [0.2, 0.25) is 0 Å². The molecule has 0 N–H and O–H groups in total. The molecule has 2 aromatic rings. The maximum Gasteiger partial charge on any atom is 0.573 e. The number of carbonyl (C=O) groups excluding carboxylic acids is 1. The second-order valence-electron chi connectivity index (χ2n) is 4.11. The zero-order valence-electron chi connectivity index (χ0n) is 11.1. The maximum absolute atomic E-state index is 13.7. The number of benzene rings is 1. The summed E-state index contributed by atoms with van der Waals surface area (Å²) in [6, 6.07) is 4.61. The lowest BCUT2D eigenvalue weighted by Crippen LogP contribution is -2.17. The molecule has 116 valence electrons. The SMILES string of the molecule is COC(=O)c1c(F)cncc1-c1ccc(OC(F)(F)F)cc1. The predicted octanol–water partition coefficient (Wildman–Crippen LogP) is 3.57. The molecule has 0 fully saturated rings. The first-order valence-corrected chi connectivity index (χ1v) is 5.90. The summed E-state index contributed by atoms with van der Waals surface area (Å²) in [5.74, 6) is -2.23. The highest BCUT2D eigenvalue weighted by molar-refractivity contribution is 5.97. The molecule has 0 radical (unpaired) electrons. The first kappa shape index (κ1) is 15.7. The quantitative estimate of drug-likeness (QED) is 0.642. The molecule has 0 bridgehead atoms. The fourth-order valence-corrected chi connectivity index (χ4v) is 1.80. The summed E-state index contributed by atoms with van der Waals surface area (Å²) < 4.78 is 58.2. The summed E-state index contributed by atoms with van der Waals surface area (Å²) in [5.41, 5.74) is 0.0503. The zero-order chi connectivity index (χ0) is 16.3. The van der Waals surface area contributed by atoms with E-state index in [0.29, 0.717) is 5.56 Å². The molecule has 1 aromatic heterocycles. The van der Waals surface area contributed by atoms with Crippen LogP contribution in [-0.2, 0) is 4.74 Å². The minimum absolute atomic E-state index is 0.102. The molecular weight excluding hydrogens is 306 g/mol. The second kappa shape index (κ2) is 6.00. The van der Waals surface area contributed by atoms with Crippen molar-refractivity contribution in [3.63, 3.8) is 0 Å². The first-order chi connectivity index (χ1) is 10.3. The first-order valence-electron chi connectivity index (χ1n) is 5.90. The Balaban J connectivity index is 2.41. The molecule has 0 amide bonds. The van der Waals surface area contributed by atoms with Gasteiger partial charge in [0.25, 0.3) is 0 Å². The molecule has 0 saturated carbocycles. The van der Waals surface area contributed by atoms with Crippen molar-refractivity contribution in [2.75, 3.05) is 7.11 Å². The van der Waals surface area contributed by atoms with Crippen LogP contribution in [0.25, 0.3) is 11.1 Å². The topological polar surface area (TPSA) is 48.4 Å². The van der Waals surface area contributed by atoms with Gasteiger partial charge in [-0.15, -0.1) is 13.2 Å². The summed E-state index contributed by atoms with van der Waals surface area (Å²) in [6.07, 6.45) is -2.75. The number of hydrogen-bond acceptors (Lipinski definition) is 4. The summed E-state index contributed by atoms with van der Waals surface area (Å²) in [4.78, 5) is 15.2. The summed E-state index contributed by atoms with van der Waals surface area (Å²) in [6.45, 7) is 0. The maximum atomic E-state index is 13.7. The van der Waals surface area contributed by atoms with Crippen LogP contribution in [0.5, 0.6) is 5.75 Å². The van der Waals surface area contributed by atoms with Gasteiger partial charge >= 0.3 is 12.3 Å². The Kier molecular flexibility index (Phi) is 4.30. The molecule has 22 heavy (non-hydrogen) atoms. The highest BCUT2D eigenvalue weighted by Crippen LogP contribution is 2.29. The zero-order valence-corrected chi connectivity index (χ0v) is 11.1. The van der Waals surface area contributed by atoms with E-state index in [1.165, 1.54) is 18.3 Å². The lowest BCUT2D eigenvalue weighted by Gasteiger charge is -2.11. The van der Waals surface area contributed by atoms with E-state index in [1.54, 1.807) is 0 Å². The highest BCUT2D eigenvalue weighted by atomic mass is 19.4. The van der Waals surface area contributed by atoms with Crippen LogP contribution in [-0.4, -0.2) is 24.4 Å². The Morgan fingerprint density at radius 2 is 1.77 bits per heavy atom. The number of nitrogens with zero attached hydrogens (tertiary/aromatic N) is 1. The number of methoxy groups -OCH3 is 1. The van der Waals surface area contributed by atoms with E-state index in [2.05, 4.69) is 14.5 Å². The van der Waals surface area contributed by atoms with Crippen LogP contribution in [0.15, 0.2) is 36.7 Å². The van der Waals surface area contributed by atoms with Gasteiger partial charge < -0.3 is 9.47 Å². The Morgan fingerprint density at radius 3 is 2.32 bits per heavy atom. The van der Waals surface area contributed by atoms with Gasteiger partial charge in [-0.2, -0.15) is 0 Å². The van der Waals surface area contributed by atoms with Gasteiger partial charge in [-0.3, -0.25) is 4.98 Å². The number of rotatable bonds is 3. The lowest BCUT2D eigenvalue weighted by molar-refractivity contribution is -0.274. The van der Waals surface area contributed by atoms with E-state index in [-0.39, 0.29) is 11.1 Å². The summed E-state index contributed by atoms with van der Waals surface area (Å²) >= 11 is 0. The third kappa shape index (κ3) is 3.51. The molecule has 0 atom stereocenters. The lowest BCUT2D eigenvalue weighted by atomic mass is 10.0. The molecule has 0 spiro atoms. The average Bonchev–Trinajstić information content (AvgIpc) is 2.45. The summed E-state index contributed by atoms with van der Waals surface area (Å²) in [7, 11) is 1.09. The van der Waals surface area contributed by atoms with Crippen LogP contribution in [0.3, 0.4) is 0 Å². The Morgan fingerprint density at radius 1 is 1.14 bits per heavy atom. The number of esters is 1. The predicted molar refractivity (Wildman–Crippen MR) is 67.7 cm³/mol. The molecule has 1 heterocycles. The van der Waals surface area contributed by atoms with Crippen LogP contribution in [0.1, 0.15) is 10.4 Å². The molecule has 1 aromatic carbocycles. The van der Waals surface area contributed by atoms with Crippen LogP contribution >= 0.6 is 0 Å². The van der Waals surface area contributed by atoms with Crippen molar-refractivity contribution in [1.29, 1.82) is 0 Å². The van der Waals surface area contributed by atoms with Crippen LogP contribution < -0.4 is 4.74 Å². The normalized spacial score (nSPS) is 11.1. The van der Waals surface area contributed by atoms with Crippen molar-refractivity contribution >= 4 is 5.97 Å². The molecule has 0 aliphatic heterocycles. The molecule has 4 nitrogen and oxygen atoms in total. The van der Waals surface area contributed by atoms with E-state index in [1.807, 2.05) is 0 Å². The van der Waals surface area contributed by atoms with Gasteiger partial charge in [0.15, 0.2) is 5.82 Å². The van der Waals surface area contributed by atoms with Crippen LogP contribution in [0, 0.1) is 5.82 Å². The van der Waals surface area contributed by atoms with E-state index in [0.717, 1.165) is 25.4 Å². The van der Waals surface area contributed by atoms with Crippen molar-refractivity contribution in [3.05, 3.63) is 48.0 Å². The van der Waals surface area contributed by atoms with Crippen molar-refractivity contribution < 1.29 is 31.8 Å². The van der Waals surface area contributed by atoms with Gasteiger partial charge in [0.1, 0.15) is 11.3 Å². The van der Waals surface area contributed by atoms with E-state index < -0.39 is 23.9 Å². The van der Waals surface area contributed by atoms with E-state index in [9.17, 15) is 22.4 Å².